The summed E-state index contributed by atoms with van der Waals surface area (Å²) in [5, 5.41) is 18.2. The molecule has 5 rings (SSSR count). The Morgan fingerprint density at radius 1 is 0.825 bits per heavy atom. The molecular formula is C47H68F7NO6S2. The van der Waals surface area contributed by atoms with Crippen LogP contribution < -0.4 is 4.74 Å². The molecule has 0 aromatic heterocycles. The number of hydrogen-bond acceptors (Lipinski definition) is 9. The van der Waals surface area contributed by atoms with Crippen LogP contribution in [0.4, 0.5) is 30.7 Å². The van der Waals surface area contributed by atoms with E-state index in [4.69, 9.17) is 24.4 Å². The van der Waals surface area contributed by atoms with Gasteiger partial charge in [0, 0.05) is 62.6 Å². The van der Waals surface area contributed by atoms with E-state index >= 15 is 4.39 Å². The van der Waals surface area contributed by atoms with E-state index in [0.29, 0.717) is 43.1 Å². The molecular weight excluding hydrogens is 872 g/mol. The lowest BCUT2D eigenvalue weighted by Gasteiger charge is -2.50. The highest BCUT2D eigenvalue weighted by Crippen LogP contribution is 2.61. The van der Waals surface area contributed by atoms with Crippen molar-refractivity contribution >= 4 is 21.6 Å². The van der Waals surface area contributed by atoms with Crippen LogP contribution >= 0.6 is 21.6 Å². The molecule has 0 bridgehead atoms. The van der Waals surface area contributed by atoms with Crippen LogP contribution in [0.3, 0.4) is 0 Å². The number of halogens is 7. The summed E-state index contributed by atoms with van der Waals surface area (Å²) in [6, 6.07) is 11.7. The van der Waals surface area contributed by atoms with E-state index in [9.17, 15) is 26.3 Å². The maximum Gasteiger partial charge on any atom is 0.423 e. The van der Waals surface area contributed by atoms with Gasteiger partial charge in [0.25, 0.3) is 0 Å². The fourth-order valence-electron chi connectivity index (χ4n) is 10.0. The topological polar surface area (TPSA) is 80.6 Å². The summed E-state index contributed by atoms with van der Waals surface area (Å²) in [6.07, 6.45) is -3.13. The molecule has 2 fully saturated rings. The monoisotopic (exact) mass is 939 g/mol. The number of alkyl halides is 6. The van der Waals surface area contributed by atoms with Gasteiger partial charge in [-0.15, -0.1) is 0 Å². The Labute approximate surface area is 377 Å². The smallest absolute Gasteiger partial charge is 0.423 e. The van der Waals surface area contributed by atoms with Gasteiger partial charge in [0.1, 0.15) is 18.2 Å². The molecule has 16 heteroatoms. The highest BCUT2D eigenvalue weighted by atomic mass is 33.1. The summed E-state index contributed by atoms with van der Waals surface area (Å²) in [6.45, 7) is 4.73. The molecule has 3 aliphatic carbocycles. The minimum atomic E-state index is -5.51. The van der Waals surface area contributed by atoms with Gasteiger partial charge in [-0.2, -0.15) is 26.3 Å². The first-order chi connectivity index (χ1) is 30.1. The van der Waals surface area contributed by atoms with Crippen molar-refractivity contribution in [1.82, 2.24) is 4.90 Å². The van der Waals surface area contributed by atoms with E-state index in [0.717, 1.165) is 93.6 Å². The van der Waals surface area contributed by atoms with Gasteiger partial charge in [-0.3, -0.25) is 0 Å². The third kappa shape index (κ3) is 15.6. The first kappa shape index (κ1) is 52.2. The number of rotatable bonds is 28. The van der Waals surface area contributed by atoms with Gasteiger partial charge in [0.15, 0.2) is 0 Å². The first-order valence-electron chi connectivity index (χ1n) is 22.8. The van der Waals surface area contributed by atoms with Gasteiger partial charge in [-0.05, 0) is 142 Å². The van der Waals surface area contributed by atoms with Gasteiger partial charge < -0.3 is 34.1 Å². The van der Waals surface area contributed by atoms with Crippen molar-refractivity contribution in [2.75, 3.05) is 64.7 Å². The SMILES string of the molecule is CN(CCCCCCSSCCOCCCC(CO)CO)Cc1ccc(COc2ccc3c(c2)CC[C@@H]2[C@@H]3CC[C@]3(C)[C@@H](OCCCOC(C(F)(F)F)C(F)(F)F)CC[C@@H]23)cc1F. The lowest BCUT2D eigenvalue weighted by molar-refractivity contribution is -0.322. The first-order valence-corrected chi connectivity index (χ1v) is 25.2. The number of nitrogens with zero attached hydrogens (tertiary/aromatic N) is 1. The van der Waals surface area contributed by atoms with Crippen LogP contribution in [-0.2, 0) is 33.8 Å². The molecule has 5 atom stereocenters. The maximum atomic E-state index is 15.2. The van der Waals surface area contributed by atoms with Gasteiger partial charge in [-0.1, -0.05) is 59.6 Å². The Balaban J connectivity index is 0.956. The predicted molar refractivity (Wildman–Crippen MR) is 235 cm³/mol. The number of aryl methyl sites for hydroxylation is 1. The molecule has 0 radical (unpaired) electrons. The minimum absolute atomic E-state index is 0.0179. The van der Waals surface area contributed by atoms with E-state index < -0.39 is 25.1 Å². The van der Waals surface area contributed by atoms with Gasteiger partial charge in [-0.25, -0.2) is 4.39 Å². The molecule has 0 spiro atoms. The molecule has 2 N–H and O–H groups in total. The Morgan fingerprint density at radius 3 is 2.33 bits per heavy atom. The zero-order chi connectivity index (χ0) is 45.5. The van der Waals surface area contributed by atoms with Crippen molar-refractivity contribution in [2.24, 2.45) is 23.2 Å². The van der Waals surface area contributed by atoms with Crippen LogP contribution in [0.2, 0.25) is 0 Å². The standard InChI is InChI=1S/C47H68F7NO6S2/c1-45-19-18-39-38-15-13-37(28-35(38)12-14-40(39)41(45)16-17-43(45)59-22-8-23-60-44(46(49,50)51)47(52,53)54)61-32-33-10-11-36(42(48)27-33)29-55(2)20-5-3-4-6-25-62-63-26-24-58-21-7-9-34(30-56)31-57/h10-11,13,15,27-28,34,39-41,43-44,56-57H,3-9,12,14,16-26,29-32H2,1-2H3/t39-,40-,41+,43+,45+/m1/s1. The van der Waals surface area contributed by atoms with Crippen molar-refractivity contribution in [3.8, 4) is 5.75 Å². The Hall–Kier alpha value is -1.79. The lowest BCUT2D eigenvalue weighted by Crippen LogP contribution is -2.45. The molecule has 0 unspecified atom stereocenters. The van der Waals surface area contributed by atoms with Crippen molar-refractivity contribution in [3.05, 3.63) is 64.5 Å². The van der Waals surface area contributed by atoms with E-state index in [1.807, 2.05) is 46.8 Å². The number of hydrogen-bond donors (Lipinski definition) is 2. The summed E-state index contributed by atoms with van der Waals surface area (Å²) in [5.74, 6) is 3.84. The molecule has 0 amide bonds. The van der Waals surface area contributed by atoms with Crippen molar-refractivity contribution in [1.29, 1.82) is 0 Å². The predicted octanol–water partition coefficient (Wildman–Crippen LogP) is 11.3. The largest absolute Gasteiger partial charge is 0.489 e. The minimum Gasteiger partial charge on any atom is -0.489 e. The highest BCUT2D eigenvalue weighted by Gasteiger charge is 2.58. The molecule has 2 saturated carbocycles. The fraction of sp³-hybridized carbons (Fsp3) is 0.745. The van der Waals surface area contributed by atoms with E-state index in [1.54, 1.807) is 6.07 Å². The van der Waals surface area contributed by atoms with Crippen LogP contribution in [0.5, 0.6) is 5.75 Å². The van der Waals surface area contributed by atoms with Gasteiger partial charge in [0.2, 0.25) is 6.10 Å². The summed E-state index contributed by atoms with van der Waals surface area (Å²) in [5.41, 5.74) is 3.97. The molecule has 2 aromatic carbocycles. The number of fused-ring (bicyclic) bond motifs is 5. The normalized spacial score (nSPS) is 22.5. The second-order valence-corrected chi connectivity index (χ2v) is 20.6. The molecule has 2 aromatic rings. The van der Waals surface area contributed by atoms with Crippen molar-refractivity contribution in [3.63, 3.8) is 0 Å². The lowest BCUT2D eigenvalue weighted by atomic mass is 9.55. The summed E-state index contributed by atoms with van der Waals surface area (Å²) in [4.78, 5) is 2.17. The van der Waals surface area contributed by atoms with Crippen molar-refractivity contribution in [2.45, 2.75) is 134 Å². The van der Waals surface area contributed by atoms with Crippen molar-refractivity contribution < 1.29 is 59.9 Å². The second-order valence-electron chi connectivity index (χ2n) is 17.9. The van der Waals surface area contributed by atoms with Crippen LogP contribution in [0.1, 0.15) is 112 Å². The third-order valence-corrected chi connectivity index (χ3v) is 15.8. The Kier molecular flexibility index (Phi) is 21.0. The van der Waals surface area contributed by atoms with Gasteiger partial charge in [0.05, 0.1) is 12.7 Å². The quantitative estimate of drug-likeness (QED) is 0.0493. The number of aliphatic hydroxyl groups is 2. The van der Waals surface area contributed by atoms with Gasteiger partial charge >= 0.3 is 12.4 Å². The number of benzene rings is 2. The molecule has 358 valence electrons. The average molecular weight is 940 g/mol. The number of ether oxygens (including phenoxy) is 4. The molecule has 0 saturated heterocycles. The average Bonchev–Trinajstić information content (AvgIpc) is 3.58. The van der Waals surface area contributed by atoms with E-state index in [-0.39, 0.29) is 56.1 Å². The van der Waals surface area contributed by atoms with Crippen LogP contribution in [-0.4, -0.2) is 104 Å². The molecule has 0 aliphatic heterocycles. The zero-order valence-electron chi connectivity index (χ0n) is 36.8. The Morgan fingerprint density at radius 2 is 1.59 bits per heavy atom. The molecule has 63 heavy (non-hydrogen) atoms. The number of unbranched alkanes of at least 4 members (excludes halogenated alkanes) is 3. The molecule has 7 nitrogen and oxygen atoms in total. The summed E-state index contributed by atoms with van der Waals surface area (Å²) < 4.78 is 114. The maximum absolute atomic E-state index is 15.2. The number of aliphatic hydroxyl groups excluding tert-OH is 2. The zero-order valence-corrected chi connectivity index (χ0v) is 38.5. The second kappa shape index (κ2) is 25.4. The van der Waals surface area contributed by atoms with Crippen LogP contribution in [0, 0.1) is 29.0 Å². The fourth-order valence-corrected chi connectivity index (χ4v) is 12.0. The molecule has 3 aliphatic rings. The Bertz CT molecular complexity index is 1640. The summed E-state index contributed by atoms with van der Waals surface area (Å²) in [7, 11) is 5.75. The van der Waals surface area contributed by atoms with Crippen LogP contribution in [0.15, 0.2) is 36.4 Å². The van der Waals surface area contributed by atoms with Crippen LogP contribution in [0.25, 0.3) is 0 Å². The van der Waals surface area contributed by atoms with E-state index in [1.165, 1.54) is 24.0 Å². The van der Waals surface area contributed by atoms with E-state index in [2.05, 4.69) is 28.7 Å². The summed E-state index contributed by atoms with van der Waals surface area (Å²) >= 11 is 0. The molecule has 0 heterocycles. The third-order valence-electron chi connectivity index (χ3n) is 13.4. The highest BCUT2D eigenvalue weighted by molar-refractivity contribution is 8.76.